The maximum Gasteiger partial charge on any atom is 0.274 e. The largest absolute Gasteiger partial charge is 0.382 e. The van der Waals surface area contributed by atoms with E-state index in [0.717, 1.165) is 37.0 Å². The van der Waals surface area contributed by atoms with Gasteiger partial charge in [-0.2, -0.15) is 0 Å². The zero-order valence-electron chi connectivity index (χ0n) is 11.5. The fraction of sp³-hybridized carbons (Fsp3) is 0.667. The van der Waals surface area contributed by atoms with Gasteiger partial charge >= 0.3 is 0 Å². The van der Waals surface area contributed by atoms with Gasteiger partial charge in [0, 0.05) is 17.9 Å². The van der Waals surface area contributed by atoms with Crippen molar-refractivity contribution in [1.82, 2.24) is 15.3 Å². The molecule has 0 aliphatic heterocycles. The summed E-state index contributed by atoms with van der Waals surface area (Å²) in [6.07, 6.45) is 10.5. The van der Waals surface area contributed by atoms with E-state index in [-0.39, 0.29) is 23.0 Å². The van der Waals surface area contributed by atoms with Gasteiger partial charge in [0.15, 0.2) is 11.5 Å². The number of hydrogen-bond donors (Lipinski definition) is 2. The number of hydrogen-bond acceptors (Lipinski definition) is 4. The molecule has 3 N–H and O–H groups in total. The van der Waals surface area contributed by atoms with Crippen molar-refractivity contribution in [2.75, 3.05) is 5.73 Å². The number of nitrogens with zero attached hydrogens (tertiary/aromatic N) is 2. The number of carbonyl (C=O) groups excluding carboxylic acids is 1. The van der Waals surface area contributed by atoms with Crippen LogP contribution in [0.4, 0.5) is 5.82 Å². The molecule has 1 amide bonds. The van der Waals surface area contributed by atoms with Crippen molar-refractivity contribution in [3.8, 4) is 0 Å². The molecule has 0 atom stereocenters. The molecule has 1 aromatic rings. The van der Waals surface area contributed by atoms with Gasteiger partial charge in [0.2, 0.25) is 0 Å². The van der Waals surface area contributed by atoms with Crippen LogP contribution in [-0.4, -0.2) is 21.4 Å². The summed E-state index contributed by atoms with van der Waals surface area (Å²) in [5, 5.41) is 3.26. The Kier molecular flexibility index (Phi) is 2.53. The minimum atomic E-state index is -0.155. The number of nitrogens with two attached hydrogens (primary N) is 1. The molecule has 4 fully saturated rings. The smallest absolute Gasteiger partial charge is 0.274 e. The molecular weight excluding hydrogens is 252 g/mol. The minimum Gasteiger partial charge on any atom is -0.382 e. The first kappa shape index (κ1) is 12.1. The SMILES string of the molecule is Nc1nccnc1C(=O)NC12CC3CC(CC(C3)C1)C2. The highest BCUT2D eigenvalue weighted by Crippen LogP contribution is 2.55. The van der Waals surface area contributed by atoms with Crippen molar-refractivity contribution >= 4 is 11.7 Å². The summed E-state index contributed by atoms with van der Waals surface area (Å²) in [6, 6.07) is 0. The third-order valence-electron chi connectivity index (χ3n) is 5.36. The van der Waals surface area contributed by atoms with E-state index in [1.807, 2.05) is 0 Å². The van der Waals surface area contributed by atoms with Gasteiger partial charge in [0.05, 0.1) is 0 Å². The molecule has 4 aliphatic carbocycles. The molecule has 1 heterocycles. The third kappa shape index (κ3) is 1.87. The summed E-state index contributed by atoms with van der Waals surface area (Å²) in [6.45, 7) is 0. The van der Waals surface area contributed by atoms with Gasteiger partial charge in [-0.25, -0.2) is 9.97 Å². The Hall–Kier alpha value is -1.65. The van der Waals surface area contributed by atoms with Crippen LogP contribution in [0.15, 0.2) is 12.4 Å². The fourth-order valence-corrected chi connectivity index (χ4v) is 5.09. The van der Waals surface area contributed by atoms with Gasteiger partial charge in [-0.1, -0.05) is 0 Å². The van der Waals surface area contributed by atoms with Crippen molar-refractivity contribution in [2.45, 2.75) is 44.1 Å². The summed E-state index contributed by atoms with van der Waals surface area (Å²) in [4.78, 5) is 20.5. The second kappa shape index (κ2) is 4.17. The average molecular weight is 272 g/mol. The Labute approximate surface area is 118 Å². The lowest BCUT2D eigenvalue weighted by atomic mass is 9.53. The van der Waals surface area contributed by atoms with Gasteiger partial charge in [0.25, 0.3) is 5.91 Å². The molecule has 4 saturated carbocycles. The van der Waals surface area contributed by atoms with E-state index < -0.39 is 0 Å². The Morgan fingerprint density at radius 1 is 1.10 bits per heavy atom. The van der Waals surface area contributed by atoms with Crippen molar-refractivity contribution in [2.24, 2.45) is 17.8 Å². The predicted octanol–water partition coefficient (Wildman–Crippen LogP) is 1.76. The molecule has 4 bridgehead atoms. The van der Waals surface area contributed by atoms with Gasteiger partial charge < -0.3 is 11.1 Å². The number of rotatable bonds is 2. The zero-order valence-corrected chi connectivity index (χ0v) is 11.5. The van der Waals surface area contributed by atoms with Gasteiger partial charge in [0.1, 0.15) is 0 Å². The maximum absolute atomic E-state index is 12.5. The summed E-state index contributed by atoms with van der Waals surface area (Å²) < 4.78 is 0. The van der Waals surface area contributed by atoms with Crippen LogP contribution in [0.2, 0.25) is 0 Å². The molecule has 5 nitrogen and oxygen atoms in total. The van der Waals surface area contributed by atoms with Crippen molar-refractivity contribution in [3.05, 3.63) is 18.1 Å². The molecule has 0 aromatic carbocycles. The first-order chi connectivity index (χ1) is 9.63. The van der Waals surface area contributed by atoms with Crippen molar-refractivity contribution in [1.29, 1.82) is 0 Å². The van der Waals surface area contributed by atoms with Crippen LogP contribution in [0.25, 0.3) is 0 Å². The van der Waals surface area contributed by atoms with E-state index in [1.54, 1.807) is 0 Å². The Morgan fingerprint density at radius 3 is 2.20 bits per heavy atom. The minimum absolute atomic E-state index is 0.00417. The topological polar surface area (TPSA) is 80.9 Å². The molecule has 106 valence electrons. The Balaban J connectivity index is 1.57. The zero-order chi connectivity index (χ0) is 13.7. The summed E-state index contributed by atoms with van der Waals surface area (Å²) in [5.74, 6) is 2.48. The Bertz CT molecular complexity index is 521. The molecule has 0 saturated heterocycles. The summed E-state index contributed by atoms with van der Waals surface area (Å²) in [7, 11) is 0. The second-order valence-electron chi connectivity index (χ2n) is 6.94. The molecule has 1 aromatic heterocycles. The van der Waals surface area contributed by atoms with Crippen LogP contribution in [0.1, 0.15) is 49.0 Å². The van der Waals surface area contributed by atoms with E-state index in [2.05, 4.69) is 15.3 Å². The molecule has 20 heavy (non-hydrogen) atoms. The highest BCUT2D eigenvalue weighted by molar-refractivity contribution is 5.96. The lowest BCUT2D eigenvalue weighted by Gasteiger charge is -2.56. The first-order valence-corrected chi connectivity index (χ1v) is 7.52. The standard InChI is InChI=1S/C15H20N4O/c16-13-12(17-1-2-18-13)14(20)19-15-6-9-3-10(7-15)5-11(4-9)8-15/h1-2,9-11H,3-8H2,(H2,16,18)(H,19,20). The number of anilines is 1. The number of nitrogen functional groups attached to an aromatic ring is 1. The lowest BCUT2D eigenvalue weighted by Crippen LogP contribution is -2.60. The van der Waals surface area contributed by atoms with Gasteiger partial charge in [-0.15, -0.1) is 0 Å². The number of nitrogens with one attached hydrogen (secondary N) is 1. The average Bonchev–Trinajstić information content (AvgIpc) is 2.36. The molecule has 5 rings (SSSR count). The molecule has 0 radical (unpaired) electrons. The fourth-order valence-electron chi connectivity index (χ4n) is 5.09. The van der Waals surface area contributed by atoms with Crippen LogP contribution < -0.4 is 11.1 Å². The number of aromatic nitrogens is 2. The third-order valence-corrected chi connectivity index (χ3v) is 5.36. The quantitative estimate of drug-likeness (QED) is 0.859. The Morgan fingerprint density at radius 2 is 1.65 bits per heavy atom. The molecule has 4 aliphatic rings. The number of amides is 1. The number of carbonyl (C=O) groups is 1. The highest BCUT2D eigenvalue weighted by atomic mass is 16.2. The van der Waals surface area contributed by atoms with E-state index in [4.69, 9.17) is 5.73 Å². The van der Waals surface area contributed by atoms with Gasteiger partial charge in [-0.05, 0) is 56.3 Å². The van der Waals surface area contributed by atoms with Crippen LogP contribution >= 0.6 is 0 Å². The van der Waals surface area contributed by atoms with E-state index in [0.29, 0.717) is 0 Å². The normalized spacial score (nSPS) is 37.9. The monoisotopic (exact) mass is 272 g/mol. The first-order valence-electron chi connectivity index (χ1n) is 7.52. The van der Waals surface area contributed by atoms with Crippen LogP contribution in [-0.2, 0) is 0 Å². The van der Waals surface area contributed by atoms with Crippen molar-refractivity contribution < 1.29 is 4.79 Å². The molecular formula is C15H20N4O. The van der Waals surface area contributed by atoms with E-state index in [9.17, 15) is 4.79 Å². The van der Waals surface area contributed by atoms with E-state index >= 15 is 0 Å². The lowest BCUT2D eigenvalue weighted by molar-refractivity contribution is -0.0167. The van der Waals surface area contributed by atoms with Crippen molar-refractivity contribution in [3.63, 3.8) is 0 Å². The van der Waals surface area contributed by atoms with Crippen LogP contribution in [0.5, 0.6) is 0 Å². The maximum atomic E-state index is 12.5. The summed E-state index contributed by atoms with van der Waals surface area (Å²) in [5.41, 5.74) is 6.02. The summed E-state index contributed by atoms with van der Waals surface area (Å²) >= 11 is 0. The van der Waals surface area contributed by atoms with Crippen LogP contribution in [0.3, 0.4) is 0 Å². The van der Waals surface area contributed by atoms with E-state index in [1.165, 1.54) is 31.7 Å². The van der Waals surface area contributed by atoms with Crippen LogP contribution in [0, 0.1) is 17.8 Å². The second-order valence-corrected chi connectivity index (χ2v) is 6.94. The molecule has 0 spiro atoms. The molecule has 0 unspecified atom stereocenters. The highest BCUT2D eigenvalue weighted by Gasteiger charge is 2.51. The molecule has 5 heteroatoms. The van der Waals surface area contributed by atoms with Gasteiger partial charge in [-0.3, -0.25) is 4.79 Å². The predicted molar refractivity (Wildman–Crippen MR) is 74.8 cm³/mol.